The predicted octanol–water partition coefficient (Wildman–Crippen LogP) is 7.17. The molecule has 5 rings (SSSR count). The molecule has 0 aliphatic carbocycles. The van der Waals surface area contributed by atoms with Gasteiger partial charge in [-0.1, -0.05) is 66.4 Å². The van der Waals surface area contributed by atoms with Crippen LogP contribution in [-0.2, 0) is 11.3 Å². The number of benzene rings is 3. The van der Waals surface area contributed by atoms with E-state index in [4.69, 9.17) is 4.74 Å². The van der Waals surface area contributed by atoms with Gasteiger partial charge in [0, 0.05) is 37.3 Å². The highest BCUT2D eigenvalue weighted by atomic mass is 32.2. The van der Waals surface area contributed by atoms with Gasteiger partial charge in [-0.2, -0.15) is 0 Å². The van der Waals surface area contributed by atoms with E-state index in [0.717, 1.165) is 19.6 Å². The Labute approximate surface area is 186 Å². The highest BCUT2D eigenvalue weighted by Gasteiger charge is 2.23. The van der Waals surface area contributed by atoms with E-state index in [1.165, 1.54) is 47.0 Å². The summed E-state index contributed by atoms with van der Waals surface area (Å²) in [6.45, 7) is 2.55. The molecule has 0 amide bonds. The van der Waals surface area contributed by atoms with Crippen LogP contribution in [0.2, 0.25) is 0 Å². The van der Waals surface area contributed by atoms with Crippen LogP contribution in [-0.4, -0.2) is 32.1 Å². The number of thiophene rings is 1. The van der Waals surface area contributed by atoms with Crippen LogP contribution in [0.4, 0.5) is 0 Å². The van der Waals surface area contributed by atoms with Crippen molar-refractivity contribution in [2.45, 2.75) is 22.8 Å². The summed E-state index contributed by atoms with van der Waals surface area (Å²) in [7, 11) is 4.21. The fourth-order valence-electron chi connectivity index (χ4n) is 3.99. The molecule has 2 nitrogen and oxygen atoms in total. The highest BCUT2D eigenvalue weighted by Crippen LogP contribution is 2.52. The summed E-state index contributed by atoms with van der Waals surface area (Å²) in [4.78, 5) is 7.54. The van der Waals surface area contributed by atoms with Gasteiger partial charge < -0.3 is 9.64 Å². The van der Waals surface area contributed by atoms with Crippen LogP contribution in [0.15, 0.2) is 76.5 Å². The van der Waals surface area contributed by atoms with Gasteiger partial charge in [-0.25, -0.2) is 0 Å². The Morgan fingerprint density at radius 2 is 1.70 bits per heavy atom. The maximum atomic E-state index is 6.00. The van der Waals surface area contributed by atoms with E-state index in [0.29, 0.717) is 6.61 Å². The van der Waals surface area contributed by atoms with E-state index < -0.39 is 0 Å². The van der Waals surface area contributed by atoms with Crippen molar-refractivity contribution in [2.24, 2.45) is 0 Å². The second-order valence-corrected chi connectivity index (χ2v) is 10.1. The third-order valence-corrected chi connectivity index (χ3v) is 7.80. The predicted molar refractivity (Wildman–Crippen MR) is 130 cm³/mol. The lowest BCUT2D eigenvalue weighted by Crippen LogP contribution is -2.14. The van der Waals surface area contributed by atoms with Crippen molar-refractivity contribution >= 4 is 33.9 Å². The topological polar surface area (TPSA) is 12.5 Å². The maximum absolute atomic E-state index is 6.00. The Balaban J connectivity index is 1.55. The summed E-state index contributed by atoms with van der Waals surface area (Å²) in [5, 5.41) is 2.63. The van der Waals surface area contributed by atoms with Gasteiger partial charge in [0.2, 0.25) is 0 Å². The first-order chi connectivity index (χ1) is 14.7. The van der Waals surface area contributed by atoms with Crippen LogP contribution in [0.25, 0.3) is 32.3 Å². The molecule has 0 unspecified atom stereocenters. The Bertz CT molecular complexity index is 1190. The zero-order valence-electron chi connectivity index (χ0n) is 17.4. The molecule has 0 N–H and O–H groups in total. The van der Waals surface area contributed by atoms with Crippen LogP contribution >= 0.6 is 23.1 Å². The molecule has 0 spiro atoms. The minimum atomic E-state index is 0.684. The summed E-state index contributed by atoms with van der Waals surface area (Å²) >= 11 is 3.78. The van der Waals surface area contributed by atoms with E-state index in [9.17, 15) is 0 Å². The Morgan fingerprint density at radius 1 is 0.867 bits per heavy atom. The molecule has 0 bridgehead atoms. The Kier molecular flexibility index (Phi) is 5.66. The highest BCUT2D eigenvalue weighted by molar-refractivity contribution is 8.00. The zero-order chi connectivity index (χ0) is 20.5. The lowest BCUT2D eigenvalue weighted by Gasteiger charge is -2.10. The van der Waals surface area contributed by atoms with Gasteiger partial charge >= 0.3 is 0 Å². The number of rotatable bonds is 6. The molecule has 2 heterocycles. The Morgan fingerprint density at radius 3 is 2.60 bits per heavy atom. The van der Waals surface area contributed by atoms with Crippen molar-refractivity contribution in [3.8, 4) is 21.6 Å². The van der Waals surface area contributed by atoms with Crippen molar-refractivity contribution in [3.63, 3.8) is 0 Å². The quantitative estimate of drug-likeness (QED) is 0.264. The molecular weight excluding hydrogens is 406 g/mol. The van der Waals surface area contributed by atoms with E-state index in [-0.39, 0.29) is 0 Å². The smallest absolute Gasteiger partial charge is 0.0809 e. The third kappa shape index (κ3) is 3.81. The number of ether oxygens (including phenoxy) is 1. The van der Waals surface area contributed by atoms with Crippen molar-refractivity contribution in [3.05, 3.63) is 71.6 Å². The van der Waals surface area contributed by atoms with Crippen LogP contribution in [0.5, 0.6) is 0 Å². The molecule has 4 heteroatoms. The first kappa shape index (κ1) is 19.8. The summed E-state index contributed by atoms with van der Waals surface area (Å²) < 4.78 is 6.00. The first-order valence-electron chi connectivity index (χ1n) is 10.4. The normalized spacial score (nSPS) is 12.5. The second kappa shape index (κ2) is 8.56. The summed E-state index contributed by atoms with van der Waals surface area (Å²) in [6.07, 6.45) is 1.06. The van der Waals surface area contributed by atoms with Gasteiger partial charge in [0.05, 0.1) is 6.61 Å². The molecule has 1 aliphatic heterocycles. The molecule has 0 atom stereocenters. The summed E-state index contributed by atoms with van der Waals surface area (Å²) in [5.41, 5.74) is 4.01. The molecule has 1 aliphatic rings. The average molecular weight is 432 g/mol. The molecule has 0 fully saturated rings. The third-order valence-electron chi connectivity index (χ3n) is 5.43. The lowest BCUT2D eigenvalue weighted by atomic mass is 10.0. The summed E-state index contributed by atoms with van der Waals surface area (Å²) in [5.74, 6) is 0. The largest absolute Gasteiger partial charge is 0.376 e. The van der Waals surface area contributed by atoms with Gasteiger partial charge in [0.15, 0.2) is 0 Å². The number of fused-ring (bicyclic) bond motifs is 7. The zero-order valence-corrected chi connectivity index (χ0v) is 19.0. The maximum Gasteiger partial charge on any atom is 0.0809 e. The van der Waals surface area contributed by atoms with Crippen LogP contribution in [0.3, 0.4) is 0 Å². The Hall–Kier alpha value is -2.11. The minimum absolute atomic E-state index is 0.684. The van der Waals surface area contributed by atoms with E-state index in [1.807, 2.05) is 23.1 Å². The van der Waals surface area contributed by atoms with E-state index >= 15 is 0 Å². The molecule has 0 saturated carbocycles. The van der Waals surface area contributed by atoms with Crippen molar-refractivity contribution in [1.82, 2.24) is 4.90 Å². The van der Waals surface area contributed by atoms with Crippen molar-refractivity contribution in [1.29, 1.82) is 0 Å². The molecule has 30 heavy (non-hydrogen) atoms. The monoisotopic (exact) mass is 431 g/mol. The summed E-state index contributed by atoms with van der Waals surface area (Å²) in [6, 6.07) is 24.4. The average Bonchev–Trinajstić information content (AvgIpc) is 3.12. The van der Waals surface area contributed by atoms with Crippen molar-refractivity contribution in [2.75, 3.05) is 27.2 Å². The van der Waals surface area contributed by atoms with Crippen molar-refractivity contribution < 1.29 is 4.74 Å². The minimum Gasteiger partial charge on any atom is -0.376 e. The van der Waals surface area contributed by atoms with Gasteiger partial charge in [0.25, 0.3) is 0 Å². The number of hydrogen-bond acceptors (Lipinski definition) is 4. The lowest BCUT2D eigenvalue weighted by molar-refractivity contribution is 0.115. The van der Waals surface area contributed by atoms with Gasteiger partial charge in [-0.15, -0.1) is 11.3 Å². The van der Waals surface area contributed by atoms with Crippen LogP contribution in [0.1, 0.15) is 11.3 Å². The molecule has 1 aromatic heterocycles. The molecule has 0 saturated heterocycles. The number of nitrogens with zero attached hydrogens (tertiary/aromatic N) is 1. The van der Waals surface area contributed by atoms with Crippen LogP contribution < -0.4 is 0 Å². The molecule has 0 radical (unpaired) electrons. The number of hydrogen-bond donors (Lipinski definition) is 0. The van der Waals surface area contributed by atoms with Gasteiger partial charge in [-0.3, -0.25) is 0 Å². The molecular formula is C26H25NOS2. The molecule has 152 valence electrons. The first-order valence-corrected chi connectivity index (χ1v) is 12.0. The second-order valence-electron chi connectivity index (χ2n) is 7.93. The van der Waals surface area contributed by atoms with Gasteiger partial charge in [-0.05, 0) is 55.5 Å². The van der Waals surface area contributed by atoms with E-state index in [1.54, 1.807) is 0 Å². The standard InChI is InChI=1S/C26H25NOS2/c1-27(2)14-7-15-28-17-19-16-23-21-10-5-6-11-24(21)30-25-20-9-4-3-8-18(20)12-13-22(25)26(23)29-19/h3-6,8-13,16H,7,14-15,17H2,1-2H3. The van der Waals surface area contributed by atoms with Gasteiger partial charge in [0.1, 0.15) is 0 Å². The SMILES string of the molecule is CN(C)CCCOCc1cc2c(s1)-c1ccc3ccccc3c1Sc1ccccc1-2. The molecule has 4 aromatic rings. The van der Waals surface area contributed by atoms with Crippen LogP contribution in [0, 0.1) is 0 Å². The van der Waals surface area contributed by atoms with E-state index in [2.05, 4.69) is 85.7 Å². The molecule has 3 aromatic carbocycles. The fraction of sp³-hybridized carbons (Fsp3) is 0.231. The fourth-order valence-corrected chi connectivity index (χ4v) is 6.42.